The van der Waals surface area contributed by atoms with E-state index in [0.29, 0.717) is 0 Å². The van der Waals surface area contributed by atoms with Gasteiger partial charge in [-0.05, 0) is 0 Å². The van der Waals surface area contributed by atoms with Crippen molar-refractivity contribution in [1.82, 2.24) is 10.6 Å². The van der Waals surface area contributed by atoms with Crippen molar-refractivity contribution in [2.45, 2.75) is 137 Å². The molecule has 0 aromatic carbocycles. The van der Waals surface area contributed by atoms with Crippen molar-refractivity contribution in [3.05, 3.63) is 0 Å². The number of hydrogen-bond acceptors (Lipinski definition) is 21. The van der Waals surface area contributed by atoms with Gasteiger partial charge in [-0.25, -0.2) is 0 Å². The van der Waals surface area contributed by atoms with Crippen LogP contribution in [-0.4, -0.2) is 222 Å². The summed E-state index contributed by atoms with van der Waals surface area (Å²) >= 11 is 0. The maximum absolute atomic E-state index is 12.0. The predicted octanol–water partition coefficient (Wildman–Crippen LogP) is -9.46. The number of ether oxygens (including phenoxy) is 7. The van der Waals surface area contributed by atoms with Crippen LogP contribution in [0.3, 0.4) is 0 Å². The van der Waals surface area contributed by atoms with Crippen molar-refractivity contribution in [3.8, 4) is 0 Å². The van der Waals surface area contributed by atoms with Crippen LogP contribution in [0.4, 0.5) is 0 Å². The van der Waals surface area contributed by atoms with Crippen molar-refractivity contribution in [1.29, 1.82) is 0 Å². The number of aliphatic hydroxyl groups excluding tert-OH is 12. The highest BCUT2D eigenvalue weighted by molar-refractivity contribution is 5.73. The lowest BCUT2D eigenvalue weighted by atomic mass is 9.94. The van der Waals surface area contributed by atoms with Crippen molar-refractivity contribution in [2.24, 2.45) is 0 Å². The Hall–Kier alpha value is -1.82. The number of aliphatic hydroxyl groups is 12. The molecule has 14 N–H and O–H groups in total. The summed E-state index contributed by atoms with van der Waals surface area (Å²) in [6.07, 6.45) is -32.3. The third-order valence-corrected chi connectivity index (χ3v) is 9.01. The van der Waals surface area contributed by atoms with E-state index >= 15 is 0 Å². The molecule has 0 spiro atoms. The lowest BCUT2D eigenvalue weighted by Crippen LogP contribution is -2.70. The average Bonchev–Trinajstić information content (AvgIpc) is 3.09. The zero-order valence-electron chi connectivity index (χ0n) is 27.4. The second-order valence-corrected chi connectivity index (χ2v) is 12.6. The molecule has 4 aliphatic heterocycles. The third-order valence-electron chi connectivity index (χ3n) is 9.01. The van der Waals surface area contributed by atoms with Crippen molar-refractivity contribution >= 4 is 11.8 Å². The van der Waals surface area contributed by atoms with E-state index in [1.807, 2.05) is 0 Å². The Morgan fingerprint density at radius 3 is 1.29 bits per heavy atom. The number of nitrogens with one attached hydrogen (secondary N) is 2. The molecule has 0 radical (unpaired) electrons. The molecule has 0 bridgehead atoms. The van der Waals surface area contributed by atoms with Crippen LogP contribution in [0.1, 0.15) is 13.8 Å². The summed E-state index contributed by atoms with van der Waals surface area (Å²) in [7, 11) is 0. The first-order valence-electron chi connectivity index (χ1n) is 16.1. The normalized spacial score (nSPS) is 47.8. The van der Waals surface area contributed by atoms with Gasteiger partial charge in [-0.3, -0.25) is 9.59 Å². The number of amides is 2. The summed E-state index contributed by atoms with van der Waals surface area (Å²) < 4.78 is 39.7. The molecule has 0 aromatic heterocycles. The highest BCUT2D eigenvalue weighted by Crippen LogP contribution is 2.35. The SMILES string of the molecule is CC(=O)N[C@H]1[C@H](O[C@@H]2[C@@H](O[C@@H]3[C@H](O)[C@H](O)O[C@H](CO)[C@H]3O)O[C@H](CO)[C@@H](O[C@@H]3O[C@H](CO)[C@@H](O)[C@H](O)[C@H]3NC(C)=O)[C@@H]2O)O[C@H](CO)[C@@H](O)[C@@H]1O. The molecule has 0 aromatic rings. The largest absolute Gasteiger partial charge is 0.394 e. The molecule has 4 aliphatic rings. The van der Waals surface area contributed by atoms with Gasteiger partial charge in [0.2, 0.25) is 11.8 Å². The van der Waals surface area contributed by atoms with Gasteiger partial charge in [-0.2, -0.15) is 0 Å². The Kier molecular flexibility index (Phi) is 14.8. The number of rotatable bonds is 12. The number of carbonyl (C=O) groups is 2. The predicted molar refractivity (Wildman–Crippen MR) is 157 cm³/mol. The summed E-state index contributed by atoms with van der Waals surface area (Å²) in [4.78, 5) is 24.0. The van der Waals surface area contributed by atoms with Crippen molar-refractivity contribution in [2.75, 3.05) is 26.4 Å². The highest BCUT2D eigenvalue weighted by Gasteiger charge is 2.56. The van der Waals surface area contributed by atoms with Crippen LogP contribution in [0.25, 0.3) is 0 Å². The van der Waals surface area contributed by atoms with Crippen LogP contribution in [0.5, 0.6) is 0 Å². The van der Waals surface area contributed by atoms with Gasteiger partial charge in [-0.15, -0.1) is 0 Å². The molecule has 296 valence electrons. The molecule has 23 nitrogen and oxygen atoms in total. The molecular weight excluding hydrogens is 700 g/mol. The topological polar surface area (TPSA) is 366 Å². The van der Waals surface area contributed by atoms with E-state index in [9.17, 15) is 70.9 Å². The van der Waals surface area contributed by atoms with E-state index in [0.717, 1.165) is 13.8 Å². The minimum atomic E-state index is -2.08. The minimum Gasteiger partial charge on any atom is -0.394 e. The fraction of sp³-hybridized carbons (Fsp3) is 0.929. The maximum atomic E-state index is 12.0. The van der Waals surface area contributed by atoms with Gasteiger partial charge >= 0.3 is 0 Å². The van der Waals surface area contributed by atoms with Gasteiger partial charge < -0.3 is 105 Å². The molecule has 2 amide bonds. The summed E-state index contributed by atoms with van der Waals surface area (Å²) in [6.45, 7) is -1.37. The molecular formula is C28H48N2O21. The van der Waals surface area contributed by atoms with Crippen LogP contribution in [0.2, 0.25) is 0 Å². The Balaban J connectivity index is 1.72. The van der Waals surface area contributed by atoms with E-state index in [1.165, 1.54) is 0 Å². The molecule has 0 unspecified atom stereocenters. The minimum absolute atomic E-state index is 0.714. The van der Waals surface area contributed by atoms with E-state index < -0.39 is 161 Å². The standard InChI is InChI=1S/C28H48N2O21/c1-7(35)29-13-18(40)15(37)9(3-31)46-26(13)49-22-12(6-34)48-28(50-23-17(39)11(5-33)45-25(44)21(23)43)24(20(22)42)51-27-14(30-8(2)36)19(41)16(38)10(4-32)47-27/h9-28,31-34,37-44H,3-6H2,1-2H3,(H,29,35)(H,30,36)/t9-,10-,11-,12-,13-,14-,15-,16-,17-,18-,19-,20+,21+,22-,23+,24+,25-,26+,27+,28-/m1/s1. The van der Waals surface area contributed by atoms with E-state index in [4.69, 9.17) is 33.2 Å². The van der Waals surface area contributed by atoms with Crippen LogP contribution < -0.4 is 10.6 Å². The van der Waals surface area contributed by atoms with Gasteiger partial charge in [-0.1, -0.05) is 0 Å². The fourth-order valence-electron chi connectivity index (χ4n) is 6.33. The quantitative estimate of drug-likeness (QED) is 0.0881. The van der Waals surface area contributed by atoms with Crippen LogP contribution >= 0.6 is 0 Å². The van der Waals surface area contributed by atoms with Crippen molar-refractivity contribution < 1.29 is 104 Å². The van der Waals surface area contributed by atoms with E-state index in [1.54, 1.807) is 0 Å². The third kappa shape index (κ3) is 9.11. The smallest absolute Gasteiger partial charge is 0.217 e. The summed E-state index contributed by atoms with van der Waals surface area (Å²) in [5, 5.41) is 130. The first kappa shape index (κ1) is 41.9. The van der Waals surface area contributed by atoms with Gasteiger partial charge in [0.15, 0.2) is 25.2 Å². The Morgan fingerprint density at radius 2 is 0.863 bits per heavy atom. The van der Waals surface area contributed by atoms with Crippen molar-refractivity contribution in [3.63, 3.8) is 0 Å². The summed E-state index contributed by atoms with van der Waals surface area (Å²) in [5.41, 5.74) is 0. The van der Waals surface area contributed by atoms with Crippen LogP contribution in [0.15, 0.2) is 0 Å². The zero-order chi connectivity index (χ0) is 37.9. The second kappa shape index (κ2) is 18.0. The molecule has 23 heteroatoms. The average molecular weight is 749 g/mol. The molecule has 51 heavy (non-hydrogen) atoms. The first-order valence-corrected chi connectivity index (χ1v) is 16.1. The molecule has 4 fully saturated rings. The monoisotopic (exact) mass is 748 g/mol. The van der Waals surface area contributed by atoms with Gasteiger partial charge in [0.25, 0.3) is 0 Å². The highest BCUT2D eigenvalue weighted by atomic mass is 16.8. The zero-order valence-corrected chi connectivity index (χ0v) is 27.4. The fourth-order valence-corrected chi connectivity index (χ4v) is 6.33. The number of carbonyl (C=O) groups excluding carboxylic acids is 2. The summed E-state index contributed by atoms with van der Waals surface area (Å²) in [5.74, 6) is -1.45. The van der Waals surface area contributed by atoms with Crippen LogP contribution in [0, 0.1) is 0 Å². The Morgan fingerprint density at radius 1 is 0.471 bits per heavy atom. The lowest BCUT2D eigenvalue weighted by molar-refractivity contribution is -0.393. The second-order valence-electron chi connectivity index (χ2n) is 12.6. The summed E-state index contributed by atoms with van der Waals surface area (Å²) in [6, 6.07) is -3.12. The molecule has 4 rings (SSSR count). The molecule has 20 atom stereocenters. The first-order chi connectivity index (χ1) is 24.1. The van der Waals surface area contributed by atoms with E-state index in [2.05, 4.69) is 10.6 Å². The van der Waals surface area contributed by atoms with Crippen LogP contribution in [-0.2, 0) is 42.7 Å². The van der Waals surface area contributed by atoms with Gasteiger partial charge in [0.05, 0.1) is 26.4 Å². The Labute approximate surface area is 289 Å². The maximum Gasteiger partial charge on any atom is 0.217 e. The molecule has 4 heterocycles. The van der Waals surface area contributed by atoms with Gasteiger partial charge in [0.1, 0.15) is 97.5 Å². The van der Waals surface area contributed by atoms with E-state index in [-0.39, 0.29) is 0 Å². The number of hydrogen-bond donors (Lipinski definition) is 14. The molecule has 0 aliphatic carbocycles. The molecule has 4 saturated heterocycles. The molecule has 0 saturated carbocycles. The Bertz CT molecular complexity index is 1140. The lowest BCUT2D eigenvalue weighted by Gasteiger charge is -2.50. The van der Waals surface area contributed by atoms with Gasteiger partial charge in [0, 0.05) is 13.8 Å².